The van der Waals surface area contributed by atoms with Crippen LogP contribution in [0.3, 0.4) is 0 Å². The van der Waals surface area contributed by atoms with E-state index >= 15 is 0 Å². The molecule has 5 nitrogen and oxygen atoms in total. The van der Waals surface area contributed by atoms with Crippen molar-refractivity contribution in [3.8, 4) is 0 Å². The van der Waals surface area contributed by atoms with Crippen molar-refractivity contribution in [2.45, 2.75) is 51.6 Å². The van der Waals surface area contributed by atoms with E-state index in [0.29, 0.717) is 5.92 Å². The van der Waals surface area contributed by atoms with Gasteiger partial charge in [0.05, 0.1) is 5.75 Å². The van der Waals surface area contributed by atoms with E-state index in [1.807, 2.05) is 0 Å². The summed E-state index contributed by atoms with van der Waals surface area (Å²) in [5.74, 6) is -0.675. The summed E-state index contributed by atoms with van der Waals surface area (Å²) in [4.78, 5) is 11.4. The number of nitrogens with two attached hydrogens (primary N) is 1. The molecule has 0 saturated heterocycles. The first-order valence-corrected chi connectivity index (χ1v) is 8.37. The Hall–Kier alpha value is -0.620. The largest absolute Gasteiger partial charge is 0.353 e. The fourth-order valence-electron chi connectivity index (χ4n) is 2.44. The van der Waals surface area contributed by atoms with E-state index in [4.69, 9.17) is 5.73 Å². The predicted octanol–water partition coefficient (Wildman–Crippen LogP) is 0.443. The van der Waals surface area contributed by atoms with Crippen LogP contribution in [0.5, 0.6) is 0 Å². The van der Waals surface area contributed by atoms with Crippen LogP contribution in [0.4, 0.5) is 0 Å². The van der Waals surface area contributed by atoms with E-state index in [1.54, 1.807) is 13.8 Å². The summed E-state index contributed by atoms with van der Waals surface area (Å²) in [5, 5.41) is 2.58. The minimum atomic E-state index is -3.40. The van der Waals surface area contributed by atoms with E-state index in [-0.39, 0.29) is 17.8 Å². The number of amides is 1. The monoisotopic (exact) mass is 276 g/mol. The lowest BCUT2D eigenvalue weighted by Crippen LogP contribution is -2.41. The van der Waals surface area contributed by atoms with Crippen LogP contribution in [0.1, 0.15) is 39.5 Å². The Labute approximate surface area is 109 Å². The molecule has 1 aliphatic carbocycles. The normalized spacial score (nSPS) is 19.1. The first-order chi connectivity index (χ1) is 8.30. The molecule has 0 heterocycles. The molecule has 0 aromatic carbocycles. The number of hydrogen-bond acceptors (Lipinski definition) is 4. The Morgan fingerprint density at radius 1 is 1.33 bits per heavy atom. The van der Waals surface area contributed by atoms with Crippen LogP contribution in [-0.4, -0.2) is 37.9 Å². The van der Waals surface area contributed by atoms with E-state index in [0.717, 1.165) is 25.7 Å². The number of carbonyl (C=O) groups is 1. The third kappa shape index (κ3) is 5.35. The molecule has 1 rings (SSSR count). The molecule has 6 heteroatoms. The molecule has 1 fully saturated rings. The van der Waals surface area contributed by atoms with Crippen molar-refractivity contribution < 1.29 is 13.2 Å². The van der Waals surface area contributed by atoms with Gasteiger partial charge in [0.1, 0.15) is 5.75 Å². The summed E-state index contributed by atoms with van der Waals surface area (Å²) < 4.78 is 23.7. The van der Waals surface area contributed by atoms with E-state index < -0.39 is 21.5 Å². The fraction of sp³-hybridized carbons (Fsp3) is 0.917. The summed E-state index contributed by atoms with van der Waals surface area (Å²) in [6.07, 6.45) is 4.28. The summed E-state index contributed by atoms with van der Waals surface area (Å²) >= 11 is 0. The average Bonchev–Trinajstić information content (AvgIpc) is 2.65. The Morgan fingerprint density at radius 2 is 1.89 bits per heavy atom. The highest BCUT2D eigenvalue weighted by Gasteiger charge is 2.27. The average molecular weight is 276 g/mol. The van der Waals surface area contributed by atoms with Gasteiger partial charge in [-0.15, -0.1) is 0 Å². The molecule has 1 unspecified atom stereocenters. The molecule has 1 atom stereocenters. The van der Waals surface area contributed by atoms with Gasteiger partial charge in [0.2, 0.25) is 5.91 Å². The first kappa shape index (κ1) is 15.4. The maximum atomic E-state index is 11.8. The summed E-state index contributed by atoms with van der Waals surface area (Å²) in [6, 6.07) is -0.374. The van der Waals surface area contributed by atoms with Gasteiger partial charge >= 0.3 is 0 Å². The second-order valence-corrected chi connectivity index (χ2v) is 7.59. The second-order valence-electron chi connectivity index (χ2n) is 5.49. The summed E-state index contributed by atoms with van der Waals surface area (Å²) in [7, 11) is -3.40. The Bertz CT molecular complexity index is 373. The summed E-state index contributed by atoms with van der Waals surface area (Å²) in [6.45, 7) is 3.60. The van der Waals surface area contributed by atoms with Gasteiger partial charge in [0.15, 0.2) is 9.84 Å². The molecule has 0 spiro atoms. The lowest BCUT2D eigenvalue weighted by atomic mass is 10.0. The lowest BCUT2D eigenvalue weighted by Gasteiger charge is -2.18. The van der Waals surface area contributed by atoms with Gasteiger partial charge in [0.25, 0.3) is 0 Å². The second kappa shape index (κ2) is 6.52. The standard InChI is InChI=1S/C12H24N2O3S/c1-9(2)14-12(15)8-18(16,17)7-11(13)10-5-3-4-6-10/h9-11H,3-8,13H2,1-2H3,(H,14,15). The molecule has 0 aromatic rings. The van der Waals surface area contributed by atoms with Crippen LogP contribution in [0.2, 0.25) is 0 Å². The van der Waals surface area contributed by atoms with E-state index in [2.05, 4.69) is 5.32 Å². The first-order valence-electron chi connectivity index (χ1n) is 6.55. The Kier molecular flexibility index (Phi) is 5.59. The smallest absolute Gasteiger partial charge is 0.235 e. The van der Waals surface area contributed by atoms with Gasteiger partial charge in [-0.1, -0.05) is 12.8 Å². The molecule has 0 aromatic heterocycles. The molecule has 1 amide bonds. The van der Waals surface area contributed by atoms with E-state index in [9.17, 15) is 13.2 Å². The molecule has 0 radical (unpaired) electrons. The number of sulfone groups is 1. The van der Waals surface area contributed by atoms with Crippen LogP contribution in [0, 0.1) is 5.92 Å². The van der Waals surface area contributed by atoms with Gasteiger partial charge in [0, 0.05) is 12.1 Å². The molecule has 0 aliphatic heterocycles. The van der Waals surface area contributed by atoms with Crippen molar-refractivity contribution in [1.29, 1.82) is 0 Å². The molecule has 106 valence electrons. The zero-order valence-corrected chi connectivity index (χ0v) is 12.0. The fourth-order valence-corrected chi connectivity index (χ4v) is 3.90. The predicted molar refractivity (Wildman–Crippen MR) is 71.9 cm³/mol. The molecule has 1 aliphatic rings. The van der Waals surface area contributed by atoms with Crippen LogP contribution in [-0.2, 0) is 14.6 Å². The topological polar surface area (TPSA) is 89.3 Å². The van der Waals surface area contributed by atoms with Gasteiger partial charge < -0.3 is 11.1 Å². The highest BCUT2D eigenvalue weighted by atomic mass is 32.2. The molecule has 0 bridgehead atoms. The minimum absolute atomic E-state index is 0.0452. The van der Waals surface area contributed by atoms with Crippen molar-refractivity contribution in [2.24, 2.45) is 11.7 Å². The molecule has 18 heavy (non-hydrogen) atoms. The Balaban J connectivity index is 2.45. The number of hydrogen-bond donors (Lipinski definition) is 2. The highest BCUT2D eigenvalue weighted by molar-refractivity contribution is 7.92. The molecular weight excluding hydrogens is 252 g/mol. The summed E-state index contributed by atoms with van der Waals surface area (Å²) in [5.41, 5.74) is 5.93. The number of rotatable bonds is 6. The van der Waals surface area contributed by atoms with Crippen molar-refractivity contribution in [1.82, 2.24) is 5.32 Å². The van der Waals surface area contributed by atoms with Gasteiger partial charge in [-0.3, -0.25) is 4.79 Å². The third-order valence-electron chi connectivity index (χ3n) is 3.25. The van der Waals surface area contributed by atoms with Crippen LogP contribution in [0.25, 0.3) is 0 Å². The third-order valence-corrected chi connectivity index (χ3v) is 4.85. The van der Waals surface area contributed by atoms with Crippen LogP contribution < -0.4 is 11.1 Å². The number of nitrogens with one attached hydrogen (secondary N) is 1. The van der Waals surface area contributed by atoms with Crippen LogP contribution in [0.15, 0.2) is 0 Å². The number of carbonyl (C=O) groups excluding carboxylic acids is 1. The van der Waals surface area contributed by atoms with E-state index in [1.165, 1.54) is 0 Å². The maximum Gasteiger partial charge on any atom is 0.235 e. The van der Waals surface area contributed by atoms with Crippen molar-refractivity contribution >= 4 is 15.7 Å². The zero-order valence-electron chi connectivity index (χ0n) is 11.2. The molecule has 1 saturated carbocycles. The van der Waals surface area contributed by atoms with Crippen LogP contribution >= 0.6 is 0 Å². The minimum Gasteiger partial charge on any atom is -0.353 e. The van der Waals surface area contributed by atoms with Gasteiger partial charge in [-0.2, -0.15) is 0 Å². The molecule has 3 N–H and O–H groups in total. The van der Waals surface area contributed by atoms with Crippen molar-refractivity contribution in [3.63, 3.8) is 0 Å². The molecular formula is C12H24N2O3S. The quantitative estimate of drug-likeness (QED) is 0.737. The van der Waals surface area contributed by atoms with Gasteiger partial charge in [-0.05, 0) is 32.6 Å². The highest BCUT2D eigenvalue weighted by Crippen LogP contribution is 2.27. The lowest BCUT2D eigenvalue weighted by molar-refractivity contribution is -0.119. The maximum absolute atomic E-state index is 11.8. The van der Waals surface area contributed by atoms with Gasteiger partial charge in [-0.25, -0.2) is 8.42 Å². The zero-order chi connectivity index (χ0) is 13.8. The van der Waals surface area contributed by atoms with Crippen molar-refractivity contribution in [2.75, 3.05) is 11.5 Å². The van der Waals surface area contributed by atoms with Crippen molar-refractivity contribution in [3.05, 3.63) is 0 Å². The Morgan fingerprint density at radius 3 is 2.39 bits per heavy atom. The SMILES string of the molecule is CC(C)NC(=O)CS(=O)(=O)CC(N)C1CCCC1.